The van der Waals surface area contributed by atoms with Crippen LogP contribution in [0.1, 0.15) is 46.9 Å². The van der Waals surface area contributed by atoms with Gasteiger partial charge < -0.3 is 20.1 Å². The number of rotatable bonds is 8. The fourth-order valence-corrected chi connectivity index (χ4v) is 3.35. The van der Waals surface area contributed by atoms with Crippen molar-refractivity contribution in [1.82, 2.24) is 10.6 Å². The molecule has 7 nitrogen and oxygen atoms in total. The van der Waals surface area contributed by atoms with Gasteiger partial charge in [-0.2, -0.15) is 0 Å². The number of amides is 2. The van der Waals surface area contributed by atoms with Crippen molar-refractivity contribution >= 4 is 34.8 Å². The Kier molecular flexibility index (Phi) is 8.37. The standard InChI is InChI=1S/C23H27N3O4S/c1-2-11-29-19-9-4-7-17(14-19)22(28)26-23(31)25-18-8-3-6-16(13-18)21(27)24-15-20-10-5-12-30-20/h3-4,6-9,13-14,20H,2,5,10-12,15H2,1H3,(H,24,27)(H2,25,26,28,31). The lowest BCUT2D eigenvalue weighted by molar-refractivity contribution is 0.0857. The number of carbonyl (C=O) groups is 2. The molecule has 1 atom stereocenters. The van der Waals surface area contributed by atoms with Gasteiger partial charge in [0.25, 0.3) is 11.8 Å². The first-order valence-electron chi connectivity index (χ1n) is 10.4. The van der Waals surface area contributed by atoms with Crippen LogP contribution in [0.5, 0.6) is 5.75 Å². The highest BCUT2D eigenvalue weighted by molar-refractivity contribution is 7.80. The molecule has 0 radical (unpaired) electrons. The first-order chi connectivity index (χ1) is 15.0. The first kappa shape index (κ1) is 22.7. The van der Waals surface area contributed by atoms with Gasteiger partial charge in [-0.15, -0.1) is 0 Å². The maximum Gasteiger partial charge on any atom is 0.257 e. The number of thiocarbonyl (C=S) groups is 1. The lowest BCUT2D eigenvalue weighted by Crippen LogP contribution is -2.34. The van der Waals surface area contributed by atoms with E-state index in [1.165, 1.54) is 0 Å². The fraction of sp³-hybridized carbons (Fsp3) is 0.348. The highest BCUT2D eigenvalue weighted by Gasteiger charge is 2.17. The summed E-state index contributed by atoms with van der Waals surface area (Å²) in [5, 5.41) is 8.62. The molecular weight excluding hydrogens is 414 g/mol. The van der Waals surface area contributed by atoms with Crippen LogP contribution in [0.2, 0.25) is 0 Å². The molecule has 0 spiro atoms. The largest absolute Gasteiger partial charge is 0.494 e. The predicted octanol–water partition coefficient (Wildman–Crippen LogP) is 3.51. The zero-order chi connectivity index (χ0) is 22.1. The Balaban J connectivity index is 1.53. The van der Waals surface area contributed by atoms with E-state index < -0.39 is 0 Å². The number of benzene rings is 2. The summed E-state index contributed by atoms with van der Waals surface area (Å²) >= 11 is 5.26. The highest BCUT2D eigenvalue weighted by atomic mass is 32.1. The average molecular weight is 442 g/mol. The zero-order valence-electron chi connectivity index (χ0n) is 17.5. The second-order valence-corrected chi connectivity index (χ2v) is 7.62. The molecule has 1 aliphatic rings. The number of nitrogens with one attached hydrogen (secondary N) is 3. The van der Waals surface area contributed by atoms with Crippen molar-refractivity contribution in [2.24, 2.45) is 0 Å². The maximum atomic E-state index is 12.5. The Hall–Kier alpha value is -2.97. The van der Waals surface area contributed by atoms with Gasteiger partial charge in [-0.3, -0.25) is 14.9 Å². The van der Waals surface area contributed by atoms with E-state index in [1.54, 1.807) is 48.5 Å². The molecule has 8 heteroatoms. The minimum atomic E-state index is -0.343. The summed E-state index contributed by atoms with van der Waals surface area (Å²) in [6.45, 7) is 3.84. The monoisotopic (exact) mass is 441 g/mol. The Morgan fingerprint density at radius 2 is 1.90 bits per heavy atom. The second kappa shape index (κ2) is 11.4. The van der Waals surface area contributed by atoms with E-state index in [-0.39, 0.29) is 23.0 Å². The molecule has 3 N–H and O–H groups in total. The van der Waals surface area contributed by atoms with E-state index in [4.69, 9.17) is 21.7 Å². The molecule has 0 aromatic heterocycles. The normalized spacial score (nSPS) is 15.2. The van der Waals surface area contributed by atoms with Gasteiger partial charge in [0.15, 0.2) is 5.11 Å². The highest BCUT2D eigenvalue weighted by Crippen LogP contribution is 2.15. The Morgan fingerprint density at radius 3 is 2.65 bits per heavy atom. The second-order valence-electron chi connectivity index (χ2n) is 7.21. The zero-order valence-corrected chi connectivity index (χ0v) is 18.3. The topological polar surface area (TPSA) is 88.7 Å². The molecule has 1 fully saturated rings. The van der Waals surface area contributed by atoms with Crippen molar-refractivity contribution in [2.75, 3.05) is 25.1 Å². The van der Waals surface area contributed by atoms with Crippen LogP contribution in [0, 0.1) is 0 Å². The molecule has 2 aromatic rings. The molecule has 2 aromatic carbocycles. The van der Waals surface area contributed by atoms with Crippen molar-refractivity contribution in [3.63, 3.8) is 0 Å². The van der Waals surface area contributed by atoms with Crippen molar-refractivity contribution in [3.8, 4) is 5.75 Å². The summed E-state index contributed by atoms with van der Waals surface area (Å²) in [7, 11) is 0. The molecule has 1 unspecified atom stereocenters. The summed E-state index contributed by atoms with van der Waals surface area (Å²) in [6.07, 6.45) is 2.96. The van der Waals surface area contributed by atoms with Crippen LogP contribution in [0.15, 0.2) is 48.5 Å². The lowest BCUT2D eigenvalue weighted by atomic mass is 10.1. The van der Waals surface area contributed by atoms with E-state index in [1.807, 2.05) is 6.92 Å². The molecule has 164 valence electrons. The molecule has 0 aliphatic carbocycles. The number of hydrogen-bond acceptors (Lipinski definition) is 5. The minimum absolute atomic E-state index is 0.0823. The van der Waals surface area contributed by atoms with Gasteiger partial charge in [-0.25, -0.2) is 0 Å². The van der Waals surface area contributed by atoms with Crippen LogP contribution in [-0.2, 0) is 4.74 Å². The summed E-state index contributed by atoms with van der Waals surface area (Å²) in [5.41, 5.74) is 1.55. The molecule has 0 bridgehead atoms. The van der Waals surface area contributed by atoms with Gasteiger partial charge in [0, 0.05) is 30.0 Å². The fourth-order valence-electron chi connectivity index (χ4n) is 3.14. The summed E-state index contributed by atoms with van der Waals surface area (Å²) in [4.78, 5) is 24.9. The molecule has 3 rings (SSSR count). The smallest absolute Gasteiger partial charge is 0.257 e. The van der Waals surface area contributed by atoms with E-state index in [0.29, 0.717) is 35.7 Å². The van der Waals surface area contributed by atoms with Crippen LogP contribution in [0.3, 0.4) is 0 Å². The molecule has 1 heterocycles. The molecular formula is C23H27N3O4S. The predicted molar refractivity (Wildman–Crippen MR) is 124 cm³/mol. The quantitative estimate of drug-likeness (QED) is 0.544. The molecule has 31 heavy (non-hydrogen) atoms. The third-order valence-electron chi connectivity index (χ3n) is 4.69. The number of anilines is 1. The first-order valence-corrected chi connectivity index (χ1v) is 10.8. The Bertz CT molecular complexity index is 929. The van der Waals surface area contributed by atoms with Crippen molar-refractivity contribution in [3.05, 3.63) is 59.7 Å². The van der Waals surface area contributed by atoms with Gasteiger partial charge >= 0.3 is 0 Å². The maximum absolute atomic E-state index is 12.5. The van der Waals surface area contributed by atoms with Crippen molar-refractivity contribution in [1.29, 1.82) is 0 Å². The van der Waals surface area contributed by atoms with Crippen LogP contribution < -0.4 is 20.7 Å². The summed E-state index contributed by atoms with van der Waals surface area (Å²) < 4.78 is 11.1. The lowest BCUT2D eigenvalue weighted by Gasteiger charge is -2.13. The van der Waals surface area contributed by atoms with Crippen LogP contribution >= 0.6 is 12.2 Å². The Labute approximate surface area is 187 Å². The average Bonchev–Trinajstić information content (AvgIpc) is 3.30. The van der Waals surface area contributed by atoms with Crippen LogP contribution in [0.4, 0.5) is 5.69 Å². The van der Waals surface area contributed by atoms with Crippen molar-refractivity contribution < 1.29 is 19.1 Å². The van der Waals surface area contributed by atoms with Gasteiger partial charge in [0.2, 0.25) is 0 Å². The van der Waals surface area contributed by atoms with E-state index in [0.717, 1.165) is 25.9 Å². The molecule has 1 saturated heterocycles. The molecule has 1 aliphatic heterocycles. The minimum Gasteiger partial charge on any atom is -0.494 e. The summed E-state index contributed by atoms with van der Waals surface area (Å²) in [6, 6.07) is 13.9. The number of hydrogen-bond donors (Lipinski definition) is 3. The van der Waals surface area contributed by atoms with E-state index >= 15 is 0 Å². The number of ether oxygens (including phenoxy) is 2. The van der Waals surface area contributed by atoms with E-state index in [9.17, 15) is 9.59 Å². The van der Waals surface area contributed by atoms with Gasteiger partial charge in [-0.05, 0) is 67.9 Å². The van der Waals surface area contributed by atoms with Gasteiger partial charge in [0.05, 0.1) is 12.7 Å². The number of carbonyl (C=O) groups excluding carboxylic acids is 2. The third kappa shape index (κ3) is 7.04. The van der Waals surface area contributed by atoms with Crippen LogP contribution in [-0.4, -0.2) is 42.8 Å². The van der Waals surface area contributed by atoms with Crippen LogP contribution in [0.25, 0.3) is 0 Å². The Morgan fingerprint density at radius 1 is 1.13 bits per heavy atom. The summed E-state index contributed by atoms with van der Waals surface area (Å²) in [5.74, 6) is 0.109. The molecule has 2 amide bonds. The van der Waals surface area contributed by atoms with Crippen molar-refractivity contribution in [2.45, 2.75) is 32.3 Å². The van der Waals surface area contributed by atoms with E-state index in [2.05, 4.69) is 16.0 Å². The third-order valence-corrected chi connectivity index (χ3v) is 4.90. The molecule has 0 saturated carbocycles. The SMILES string of the molecule is CCCOc1cccc(C(=O)NC(=S)Nc2cccc(C(=O)NCC3CCCO3)c2)c1. The van der Waals surface area contributed by atoms with Gasteiger partial charge in [-0.1, -0.05) is 19.1 Å². The van der Waals surface area contributed by atoms with Gasteiger partial charge in [0.1, 0.15) is 5.75 Å².